The van der Waals surface area contributed by atoms with Gasteiger partial charge in [-0.1, -0.05) is 6.92 Å². The fraction of sp³-hybridized carbons (Fsp3) is 0.481. The Morgan fingerprint density at radius 3 is 2.17 bits per heavy atom. The van der Waals surface area contributed by atoms with Gasteiger partial charge in [0.1, 0.15) is 18.8 Å². The molecular formula is C27H32N4O9S. The van der Waals surface area contributed by atoms with Gasteiger partial charge in [-0.05, 0) is 55.6 Å². The average molecular weight is 589 g/mol. The van der Waals surface area contributed by atoms with Gasteiger partial charge in [0.2, 0.25) is 0 Å². The minimum absolute atomic E-state index is 0.0560. The van der Waals surface area contributed by atoms with Gasteiger partial charge in [-0.2, -0.15) is 4.37 Å². The molecule has 0 saturated carbocycles. The van der Waals surface area contributed by atoms with Gasteiger partial charge in [0.15, 0.2) is 10.7 Å². The fourth-order valence-electron chi connectivity index (χ4n) is 4.06. The van der Waals surface area contributed by atoms with Crippen molar-refractivity contribution in [3.05, 3.63) is 39.4 Å². The second-order valence-electron chi connectivity index (χ2n) is 9.40. The number of hydrogen-bond acceptors (Lipinski definition) is 13. The van der Waals surface area contributed by atoms with Gasteiger partial charge in [-0.25, -0.2) is 14.8 Å². The molecule has 0 fully saturated rings. The SMILES string of the molecule is CCOC(=O)c1nsc(-c2nc3cc(C)c(C)cc3n(C[C@H](OC(C)=O)[C@H](C)[C@@H](COC(C)=O)OC(C)=O)c2=O)n1. The maximum atomic E-state index is 13.9. The zero-order chi connectivity index (χ0) is 30.4. The second kappa shape index (κ2) is 13.4. The van der Waals surface area contributed by atoms with E-state index in [1.807, 2.05) is 19.9 Å². The van der Waals surface area contributed by atoms with Crippen LogP contribution in [-0.4, -0.2) is 68.2 Å². The fourth-order valence-corrected chi connectivity index (χ4v) is 4.70. The lowest BCUT2D eigenvalue weighted by molar-refractivity contribution is -0.167. The highest BCUT2D eigenvalue weighted by Crippen LogP contribution is 2.25. The molecule has 0 N–H and O–H groups in total. The van der Waals surface area contributed by atoms with Crippen molar-refractivity contribution in [1.29, 1.82) is 0 Å². The first kappa shape index (κ1) is 31.3. The van der Waals surface area contributed by atoms with Crippen LogP contribution in [0, 0.1) is 19.8 Å². The molecule has 0 radical (unpaired) electrons. The predicted octanol–water partition coefficient (Wildman–Crippen LogP) is 2.77. The maximum absolute atomic E-state index is 13.9. The maximum Gasteiger partial charge on any atom is 0.377 e. The molecule has 13 nitrogen and oxygen atoms in total. The van der Waals surface area contributed by atoms with E-state index in [4.69, 9.17) is 18.9 Å². The van der Waals surface area contributed by atoms with Crippen LogP contribution in [0.25, 0.3) is 21.7 Å². The molecule has 3 atom stereocenters. The first-order valence-electron chi connectivity index (χ1n) is 12.8. The molecule has 0 aliphatic heterocycles. The number of fused-ring (bicyclic) bond motifs is 1. The summed E-state index contributed by atoms with van der Waals surface area (Å²) in [4.78, 5) is 70.2. The van der Waals surface area contributed by atoms with Crippen LogP contribution in [-0.2, 0) is 39.9 Å². The van der Waals surface area contributed by atoms with E-state index in [0.29, 0.717) is 11.0 Å². The summed E-state index contributed by atoms with van der Waals surface area (Å²) in [5.41, 5.74) is 2.11. The number of aromatic nitrogens is 4. The lowest BCUT2D eigenvalue weighted by Gasteiger charge is -2.30. The smallest absolute Gasteiger partial charge is 0.377 e. The van der Waals surface area contributed by atoms with Gasteiger partial charge in [-0.15, -0.1) is 0 Å². The summed E-state index contributed by atoms with van der Waals surface area (Å²) in [5, 5.41) is 0.108. The van der Waals surface area contributed by atoms with E-state index in [-0.39, 0.29) is 36.3 Å². The molecule has 14 heteroatoms. The summed E-state index contributed by atoms with van der Waals surface area (Å²) in [7, 11) is 0. The Morgan fingerprint density at radius 1 is 0.927 bits per heavy atom. The summed E-state index contributed by atoms with van der Waals surface area (Å²) < 4.78 is 26.5. The van der Waals surface area contributed by atoms with Crippen LogP contribution in [0.3, 0.4) is 0 Å². The van der Waals surface area contributed by atoms with Crippen LogP contribution in [0.1, 0.15) is 56.4 Å². The molecular weight excluding hydrogens is 556 g/mol. The molecule has 2 heterocycles. The number of carbonyl (C=O) groups is 4. The lowest BCUT2D eigenvalue weighted by atomic mass is 9.97. The van der Waals surface area contributed by atoms with Crippen LogP contribution in [0.2, 0.25) is 0 Å². The van der Waals surface area contributed by atoms with E-state index in [2.05, 4.69) is 14.3 Å². The topological polar surface area (TPSA) is 166 Å². The molecule has 0 bridgehead atoms. The van der Waals surface area contributed by atoms with Crippen LogP contribution >= 0.6 is 11.5 Å². The third-order valence-corrected chi connectivity index (χ3v) is 6.99. The third kappa shape index (κ3) is 7.72. The Kier molecular flexibility index (Phi) is 10.3. The summed E-state index contributed by atoms with van der Waals surface area (Å²) >= 11 is 0.823. The Balaban J connectivity index is 2.16. The number of carbonyl (C=O) groups excluding carboxylic acids is 4. The molecule has 0 aliphatic rings. The first-order valence-corrected chi connectivity index (χ1v) is 13.6. The predicted molar refractivity (Wildman–Crippen MR) is 147 cm³/mol. The molecule has 0 spiro atoms. The number of rotatable bonds is 11. The average Bonchev–Trinajstić information content (AvgIpc) is 3.38. The van der Waals surface area contributed by atoms with E-state index in [0.717, 1.165) is 22.7 Å². The standard InChI is InChI=1S/C27H32N4O9S/c1-8-37-27(36)24-29-25(41-30-24)23-26(35)31(20-10-14(3)13(2)9-19(20)28-23)11-21(39-17(6)33)15(4)22(40-18(7)34)12-38-16(5)32/h9-10,15,21-22H,8,11-12H2,1-7H3/t15-,21-,22+/m0/s1. The molecule has 3 rings (SSSR count). The van der Waals surface area contributed by atoms with Crippen LogP contribution in [0.4, 0.5) is 0 Å². The van der Waals surface area contributed by atoms with Gasteiger partial charge in [0.25, 0.3) is 11.4 Å². The number of ether oxygens (including phenoxy) is 4. The third-order valence-electron chi connectivity index (χ3n) is 6.27. The van der Waals surface area contributed by atoms with Gasteiger partial charge in [0, 0.05) is 26.7 Å². The van der Waals surface area contributed by atoms with Crippen LogP contribution < -0.4 is 5.56 Å². The van der Waals surface area contributed by atoms with E-state index in [1.54, 1.807) is 19.9 Å². The summed E-state index contributed by atoms with van der Waals surface area (Å²) in [6, 6.07) is 3.61. The minimum Gasteiger partial charge on any atom is -0.462 e. The van der Waals surface area contributed by atoms with Crippen molar-refractivity contribution in [3.63, 3.8) is 0 Å². The number of esters is 4. The normalized spacial score (nSPS) is 13.2. The molecule has 0 saturated heterocycles. The summed E-state index contributed by atoms with van der Waals surface area (Å²) in [6.45, 7) is 10.4. The van der Waals surface area contributed by atoms with Gasteiger partial charge < -0.3 is 23.5 Å². The number of hydrogen-bond donors (Lipinski definition) is 0. The molecule has 41 heavy (non-hydrogen) atoms. The number of benzene rings is 1. The largest absolute Gasteiger partial charge is 0.462 e. The van der Waals surface area contributed by atoms with Crippen molar-refractivity contribution in [2.45, 2.75) is 67.2 Å². The van der Waals surface area contributed by atoms with Crippen molar-refractivity contribution in [2.24, 2.45) is 5.92 Å². The quantitative estimate of drug-likeness (QED) is 0.238. The van der Waals surface area contributed by atoms with Crippen LogP contribution in [0.5, 0.6) is 0 Å². The lowest BCUT2D eigenvalue weighted by Crippen LogP contribution is -2.42. The van der Waals surface area contributed by atoms with Crippen molar-refractivity contribution in [3.8, 4) is 10.7 Å². The zero-order valence-electron chi connectivity index (χ0n) is 23.9. The van der Waals surface area contributed by atoms with Crippen molar-refractivity contribution in [2.75, 3.05) is 13.2 Å². The highest BCUT2D eigenvalue weighted by molar-refractivity contribution is 7.09. The summed E-state index contributed by atoms with van der Waals surface area (Å²) in [6.07, 6.45) is -1.96. The van der Waals surface area contributed by atoms with Crippen molar-refractivity contribution >= 4 is 46.4 Å². The molecule has 0 aliphatic carbocycles. The number of aryl methyl sites for hydroxylation is 2. The minimum atomic E-state index is -0.991. The van der Waals surface area contributed by atoms with Crippen molar-refractivity contribution < 1.29 is 38.1 Å². The van der Waals surface area contributed by atoms with E-state index < -0.39 is 47.6 Å². The Labute approximate surface area is 240 Å². The Morgan fingerprint density at radius 2 is 1.56 bits per heavy atom. The Bertz CT molecular complexity index is 1530. The van der Waals surface area contributed by atoms with Gasteiger partial charge in [-0.3, -0.25) is 19.2 Å². The van der Waals surface area contributed by atoms with Crippen LogP contribution in [0.15, 0.2) is 16.9 Å². The van der Waals surface area contributed by atoms with Gasteiger partial charge in [0.05, 0.1) is 24.2 Å². The monoisotopic (exact) mass is 588 g/mol. The highest BCUT2D eigenvalue weighted by atomic mass is 32.1. The molecule has 1 aromatic carbocycles. The highest BCUT2D eigenvalue weighted by Gasteiger charge is 2.33. The molecule has 3 aromatic rings. The van der Waals surface area contributed by atoms with E-state index in [9.17, 15) is 24.0 Å². The van der Waals surface area contributed by atoms with E-state index in [1.165, 1.54) is 25.3 Å². The van der Waals surface area contributed by atoms with Crippen molar-refractivity contribution in [1.82, 2.24) is 18.9 Å². The Hall–Kier alpha value is -4.20. The molecule has 2 aromatic heterocycles. The second-order valence-corrected chi connectivity index (χ2v) is 10.2. The molecule has 0 unspecified atom stereocenters. The first-order chi connectivity index (χ1) is 19.3. The number of nitrogens with zero attached hydrogens (tertiary/aromatic N) is 4. The molecule has 220 valence electrons. The van der Waals surface area contributed by atoms with Gasteiger partial charge >= 0.3 is 23.9 Å². The zero-order valence-corrected chi connectivity index (χ0v) is 24.7. The molecule has 0 amide bonds. The van der Waals surface area contributed by atoms with E-state index >= 15 is 0 Å². The summed E-state index contributed by atoms with van der Waals surface area (Å²) in [5.74, 6) is -3.45.